The molecule has 126 valence electrons. The van der Waals surface area contributed by atoms with Crippen molar-refractivity contribution in [2.24, 2.45) is 0 Å². The van der Waals surface area contributed by atoms with Gasteiger partial charge in [0.1, 0.15) is 11.9 Å². The number of fused-ring (bicyclic) bond motifs is 2. The Balaban J connectivity index is 1.61. The van der Waals surface area contributed by atoms with Crippen LogP contribution in [0.5, 0.6) is 5.75 Å². The van der Waals surface area contributed by atoms with Gasteiger partial charge in [-0.05, 0) is 50.3 Å². The summed E-state index contributed by atoms with van der Waals surface area (Å²) in [7, 11) is 0. The minimum atomic E-state index is -0.233. The first-order valence-electron chi connectivity index (χ1n) is 8.50. The van der Waals surface area contributed by atoms with Crippen LogP contribution in [-0.4, -0.2) is 30.8 Å². The van der Waals surface area contributed by atoms with Gasteiger partial charge in [0.05, 0.1) is 18.1 Å². The van der Waals surface area contributed by atoms with Crippen LogP contribution in [0.25, 0.3) is 0 Å². The fourth-order valence-electron chi connectivity index (χ4n) is 3.62. The Morgan fingerprint density at radius 2 is 2.04 bits per heavy atom. The van der Waals surface area contributed by atoms with Gasteiger partial charge in [0.2, 0.25) is 0 Å². The number of piperidine rings is 2. The third kappa shape index (κ3) is 4.39. The topological polar surface area (TPSA) is 47.6 Å². The quantitative estimate of drug-likeness (QED) is 0.835. The number of carbonyl (C=O) groups is 1. The van der Waals surface area contributed by atoms with E-state index >= 15 is 0 Å². The third-order valence-electron chi connectivity index (χ3n) is 4.62. The number of esters is 1. The van der Waals surface area contributed by atoms with Crippen LogP contribution >= 0.6 is 11.6 Å². The van der Waals surface area contributed by atoms with Crippen molar-refractivity contribution >= 4 is 17.6 Å². The van der Waals surface area contributed by atoms with Crippen molar-refractivity contribution in [3.05, 3.63) is 28.8 Å². The number of carbonyl (C=O) groups excluding carboxylic acids is 1. The molecular weight excluding hydrogens is 314 g/mol. The normalized spacial score (nSPS) is 26.6. The number of halogens is 1. The Morgan fingerprint density at radius 1 is 1.30 bits per heavy atom. The van der Waals surface area contributed by atoms with Gasteiger partial charge in [0.15, 0.2) is 0 Å². The van der Waals surface area contributed by atoms with Crippen LogP contribution in [-0.2, 0) is 16.0 Å². The zero-order valence-corrected chi connectivity index (χ0v) is 14.3. The molecule has 0 aromatic heterocycles. The molecule has 2 heterocycles. The first-order valence-corrected chi connectivity index (χ1v) is 8.88. The lowest BCUT2D eigenvalue weighted by Gasteiger charge is -2.40. The zero-order valence-electron chi connectivity index (χ0n) is 13.5. The molecule has 2 fully saturated rings. The zero-order chi connectivity index (χ0) is 16.2. The molecule has 5 heteroatoms. The lowest BCUT2D eigenvalue weighted by Crippen LogP contribution is -2.51. The molecule has 0 aliphatic carbocycles. The molecule has 2 saturated heterocycles. The number of nitrogens with one attached hydrogen (secondary N) is 1. The molecule has 2 aliphatic heterocycles. The van der Waals surface area contributed by atoms with E-state index in [4.69, 9.17) is 21.1 Å². The fraction of sp³-hybridized carbons (Fsp3) is 0.611. The second kappa shape index (κ2) is 7.54. The molecule has 2 bridgehead atoms. The first-order chi connectivity index (χ1) is 11.1. The molecule has 1 unspecified atom stereocenters. The number of rotatable bonds is 5. The Bertz CT molecular complexity index is 551. The van der Waals surface area contributed by atoms with Crippen LogP contribution in [0.1, 0.15) is 44.6 Å². The second-order valence-electron chi connectivity index (χ2n) is 6.45. The van der Waals surface area contributed by atoms with E-state index in [0.29, 0.717) is 29.5 Å². The average Bonchev–Trinajstić information content (AvgIpc) is 2.50. The molecule has 3 rings (SSSR count). The van der Waals surface area contributed by atoms with E-state index in [9.17, 15) is 4.79 Å². The summed E-state index contributed by atoms with van der Waals surface area (Å²) in [5.41, 5.74) is 0.850. The molecule has 1 N–H and O–H groups in total. The maximum atomic E-state index is 11.5. The maximum absolute atomic E-state index is 11.5. The molecule has 0 amide bonds. The standard InChI is InChI=1S/C18H24ClNO3/c1-2-22-18(21)9-12-6-7-17(16(19)8-12)23-15-10-13-4-3-5-14(11-15)20-13/h6-8,13-15,20H,2-5,9-11H2,1H3/t13-,14+,15?. The van der Waals surface area contributed by atoms with Gasteiger partial charge >= 0.3 is 5.97 Å². The summed E-state index contributed by atoms with van der Waals surface area (Å²) in [5, 5.41) is 4.23. The van der Waals surface area contributed by atoms with Gasteiger partial charge in [0.25, 0.3) is 0 Å². The monoisotopic (exact) mass is 337 g/mol. The van der Waals surface area contributed by atoms with E-state index in [2.05, 4.69) is 5.32 Å². The molecule has 3 atom stereocenters. The largest absolute Gasteiger partial charge is 0.489 e. The van der Waals surface area contributed by atoms with Gasteiger partial charge in [-0.2, -0.15) is 0 Å². The summed E-state index contributed by atoms with van der Waals surface area (Å²) in [5.74, 6) is 0.479. The van der Waals surface area contributed by atoms with Crippen molar-refractivity contribution in [1.29, 1.82) is 0 Å². The van der Waals surface area contributed by atoms with Crippen molar-refractivity contribution in [2.75, 3.05) is 6.61 Å². The van der Waals surface area contributed by atoms with Gasteiger partial charge in [-0.3, -0.25) is 4.79 Å². The second-order valence-corrected chi connectivity index (χ2v) is 6.86. The smallest absolute Gasteiger partial charge is 0.310 e. The lowest BCUT2D eigenvalue weighted by molar-refractivity contribution is -0.142. The fourth-order valence-corrected chi connectivity index (χ4v) is 3.87. The highest BCUT2D eigenvalue weighted by atomic mass is 35.5. The van der Waals surface area contributed by atoms with Crippen LogP contribution < -0.4 is 10.1 Å². The molecule has 2 aliphatic rings. The Labute approximate surface area is 142 Å². The van der Waals surface area contributed by atoms with E-state index < -0.39 is 0 Å². The molecule has 1 aromatic carbocycles. The van der Waals surface area contributed by atoms with Gasteiger partial charge in [0, 0.05) is 12.1 Å². The van der Waals surface area contributed by atoms with Gasteiger partial charge in [-0.25, -0.2) is 0 Å². The maximum Gasteiger partial charge on any atom is 0.310 e. The van der Waals surface area contributed by atoms with Crippen molar-refractivity contribution < 1.29 is 14.3 Å². The number of hydrogen-bond donors (Lipinski definition) is 1. The third-order valence-corrected chi connectivity index (χ3v) is 4.91. The van der Waals surface area contributed by atoms with E-state index in [0.717, 1.165) is 18.4 Å². The molecule has 1 aromatic rings. The van der Waals surface area contributed by atoms with Crippen LogP contribution in [0, 0.1) is 0 Å². The Kier molecular flexibility index (Phi) is 5.44. The first kappa shape index (κ1) is 16.6. The van der Waals surface area contributed by atoms with Crippen molar-refractivity contribution in [2.45, 2.75) is 63.6 Å². The summed E-state index contributed by atoms with van der Waals surface area (Å²) in [6, 6.07) is 6.72. The molecule has 4 nitrogen and oxygen atoms in total. The Hall–Kier alpha value is -1.26. The highest BCUT2D eigenvalue weighted by Crippen LogP contribution is 2.32. The predicted molar refractivity (Wildman–Crippen MR) is 90.0 cm³/mol. The number of hydrogen-bond acceptors (Lipinski definition) is 4. The minimum Gasteiger partial charge on any atom is -0.489 e. The summed E-state index contributed by atoms with van der Waals surface area (Å²) in [6.45, 7) is 2.20. The number of ether oxygens (including phenoxy) is 2. The van der Waals surface area contributed by atoms with Gasteiger partial charge in [-0.1, -0.05) is 24.1 Å². The summed E-state index contributed by atoms with van der Waals surface area (Å²) < 4.78 is 11.1. The molecule has 0 saturated carbocycles. The van der Waals surface area contributed by atoms with E-state index in [1.807, 2.05) is 12.1 Å². The highest BCUT2D eigenvalue weighted by molar-refractivity contribution is 6.32. The molecule has 0 radical (unpaired) electrons. The SMILES string of the molecule is CCOC(=O)Cc1ccc(OC2C[C@H]3CCC[C@@H](C2)N3)c(Cl)c1. The van der Waals surface area contributed by atoms with Crippen LogP contribution in [0.4, 0.5) is 0 Å². The summed E-state index contributed by atoms with van der Waals surface area (Å²) >= 11 is 6.34. The Morgan fingerprint density at radius 3 is 2.70 bits per heavy atom. The summed E-state index contributed by atoms with van der Waals surface area (Å²) in [6.07, 6.45) is 6.34. The van der Waals surface area contributed by atoms with Crippen molar-refractivity contribution in [3.63, 3.8) is 0 Å². The van der Waals surface area contributed by atoms with Crippen LogP contribution in [0.3, 0.4) is 0 Å². The van der Waals surface area contributed by atoms with E-state index in [1.165, 1.54) is 19.3 Å². The van der Waals surface area contributed by atoms with Crippen LogP contribution in [0.2, 0.25) is 5.02 Å². The molecule has 0 spiro atoms. The lowest BCUT2D eigenvalue weighted by atomic mass is 9.85. The summed E-state index contributed by atoms with van der Waals surface area (Å²) in [4.78, 5) is 11.5. The molecule has 23 heavy (non-hydrogen) atoms. The van der Waals surface area contributed by atoms with E-state index in [1.54, 1.807) is 13.0 Å². The van der Waals surface area contributed by atoms with E-state index in [-0.39, 0.29) is 18.5 Å². The van der Waals surface area contributed by atoms with Crippen LogP contribution in [0.15, 0.2) is 18.2 Å². The van der Waals surface area contributed by atoms with Gasteiger partial charge < -0.3 is 14.8 Å². The average molecular weight is 338 g/mol. The predicted octanol–water partition coefficient (Wildman–Crippen LogP) is 3.50. The van der Waals surface area contributed by atoms with Crippen molar-refractivity contribution in [1.82, 2.24) is 5.32 Å². The van der Waals surface area contributed by atoms with Crippen molar-refractivity contribution in [3.8, 4) is 5.75 Å². The molecular formula is C18H24ClNO3. The minimum absolute atomic E-state index is 0.222. The number of benzene rings is 1. The van der Waals surface area contributed by atoms with Gasteiger partial charge in [-0.15, -0.1) is 0 Å². The highest BCUT2D eigenvalue weighted by Gasteiger charge is 2.32.